The Morgan fingerprint density at radius 3 is 2.38 bits per heavy atom. The van der Waals surface area contributed by atoms with E-state index in [2.05, 4.69) is 55.7 Å². The lowest BCUT2D eigenvalue weighted by Crippen LogP contribution is -2.20. The highest BCUT2D eigenvalue weighted by Crippen LogP contribution is 2.30. The van der Waals surface area contributed by atoms with Crippen LogP contribution in [0.4, 0.5) is 5.69 Å². The standard InChI is InChI=1S/C22H16ClI2N3O4/c23-17-7-3-1-6-16(17)13-32-22-18(24)9-14(10-19(22)25)12-26-27-21(29)11-15-5-2-4-8-20(15)28(30)31/h1-10,12H,11,13H2,(H,27,29)/b26-12+. The van der Waals surface area contributed by atoms with Gasteiger partial charge in [0, 0.05) is 22.2 Å². The number of carbonyl (C=O) groups excluding carboxylic acids is 1. The molecule has 1 N–H and O–H groups in total. The topological polar surface area (TPSA) is 93.8 Å². The third-order valence-electron chi connectivity index (χ3n) is 4.29. The maximum Gasteiger partial charge on any atom is 0.273 e. The van der Waals surface area contributed by atoms with Gasteiger partial charge in [0.1, 0.15) is 12.4 Å². The summed E-state index contributed by atoms with van der Waals surface area (Å²) >= 11 is 10.5. The third-order valence-corrected chi connectivity index (χ3v) is 6.26. The summed E-state index contributed by atoms with van der Waals surface area (Å²) in [7, 11) is 0. The molecule has 7 nitrogen and oxygen atoms in total. The number of halogens is 3. The molecule has 0 aliphatic heterocycles. The fraction of sp³-hybridized carbons (Fsp3) is 0.0909. The first kappa shape index (κ1) is 24.4. The Morgan fingerprint density at radius 2 is 1.72 bits per heavy atom. The number of carbonyl (C=O) groups is 1. The number of nitrogens with one attached hydrogen (secondary N) is 1. The van der Waals surface area contributed by atoms with Crippen LogP contribution in [0.2, 0.25) is 5.02 Å². The molecule has 0 saturated heterocycles. The number of benzene rings is 3. The number of amides is 1. The van der Waals surface area contributed by atoms with E-state index in [0.29, 0.717) is 17.2 Å². The molecular formula is C22H16ClI2N3O4. The van der Waals surface area contributed by atoms with Gasteiger partial charge in [0.2, 0.25) is 5.91 Å². The average Bonchev–Trinajstić information content (AvgIpc) is 2.74. The van der Waals surface area contributed by atoms with Crippen LogP contribution in [0.5, 0.6) is 5.75 Å². The van der Waals surface area contributed by atoms with Crippen molar-refractivity contribution in [3.63, 3.8) is 0 Å². The van der Waals surface area contributed by atoms with E-state index in [-0.39, 0.29) is 12.1 Å². The summed E-state index contributed by atoms with van der Waals surface area (Å²) in [6.45, 7) is 0.348. The minimum absolute atomic E-state index is 0.0943. The molecule has 0 radical (unpaired) electrons. The molecule has 0 aromatic heterocycles. The van der Waals surface area contributed by atoms with E-state index in [1.807, 2.05) is 36.4 Å². The molecule has 164 valence electrons. The molecule has 0 fully saturated rings. The van der Waals surface area contributed by atoms with E-state index < -0.39 is 10.8 Å². The van der Waals surface area contributed by atoms with E-state index in [1.54, 1.807) is 18.2 Å². The van der Waals surface area contributed by atoms with Crippen molar-refractivity contribution in [1.82, 2.24) is 5.43 Å². The normalized spacial score (nSPS) is 10.8. The first-order chi connectivity index (χ1) is 15.3. The second-order valence-electron chi connectivity index (χ2n) is 6.55. The summed E-state index contributed by atoms with van der Waals surface area (Å²) in [6, 6.07) is 17.4. The smallest absolute Gasteiger partial charge is 0.273 e. The zero-order chi connectivity index (χ0) is 23.1. The van der Waals surface area contributed by atoms with Gasteiger partial charge in [-0.25, -0.2) is 5.43 Å². The fourth-order valence-electron chi connectivity index (χ4n) is 2.79. The zero-order valence-electron chi connectivity index (χ0n) is 16.4. The van der Waals surface area contributed by atoms with Crippen LogP contribution in [0.3, 0.4) is 0 Å². The van der Waals surface area contributed by atoms with Gasteiger partial charge >= 0.3 is 0 Å². The summed E-state index contributed by atoms with van der Waals surface area (Å²) in [6.07, 6.45) is 1.37. The van der Waals surface area contributed by atoms with Crippen molar-refractivity contribution in [2.45, 2.75) is 13.0 Å². The zero-order valence-corrected chi connectivity index (χ0v) is 21.5. The second-order valence-corrected chi connectivity index (χ2v) is 9.28. The molecule has 1 amide bonds. The van der Waals surface area contributed by atoms with E-state index in [0.717, 1.165) is 24.0 Å². The lowest BCUT2D eigenvalue weighted by molar-refractivity contribution is -0.385. The van der Waals surface area contributed by atoms with Gasteiger partial charge < -0.3 is 4.74 Å². The molecular weight excluding hydrogens is 660 g/mol. The third kappa shape index (κ3) is 6.62. The molecule has 3 rings (SSSR count). The van der Waals surface area contributed by atoms with Crippen molar-refractivity contribution in [1.29, 1.82) is 0 Å². The summed E-state index contributed by atoms with van der Waals surface area (Å²) in [5.74, 6) is 0.295. The molecule has 0 aliphatic rings. The van der Waals surface area contributed by atoms with Gasteiger partial charge in [-0.2, -0.15) is 5.10 Å². The second kappa shape index (κ2) is 11.6. The maximum atomic E-state index is 12.1. The van der Waals surface area contributed by atoms with Crippen LogP contribution in [-0.2, 0) is 17.8 Å². The minimum atomic E-state index is -0.509. The van der Waals surface area contributed by atoms with Crippen LogP contribution in [0.1, 0.15) is 16.7 Å². The fourth-order valence-corrected chi connectivity index (χ4v) is 5.11. The lowest BCUT2D eigenvalue weighted by atomic mass is 10.1. The summed E-state index contributed by atoms with van der Waals surface area (Å²) in [4.78, 5) is 22.7. The van der Waals surface area contributed by atoms with Crippen LogP contribution in [-0.4, -0.2) is 17.0 Å². The van der Waals surface area contributed by atoms with Crippen LogP contribution >= 0.6 is 56.8 Å². The van der Waals surface area contributed by atoms with Gasteiger partial charge in [0.25, 0.3) is 5.69 Å². The molecule has 0 spiro atoms. The van der Waals surface area contributed by atoms with Gasteiger partial charge in [0.05, 0.1) is 24.7 Å². The van der Waals surface area contributed by atoms with Crippen LogP contribution in [0, 0.1) is 17.3 Å². The van der Waals surface area contributed by atoms with Gasteiger partial charge in [-0.15, -0.1) is 0 Å². The Labute approximate surface area is 216 Å². The molecule has 3 aromatic carbocycles. The van der Waals surface area contributed by atoms with Crippen molar-refractivity contribution in [2.24, 2.45) is 5.10 Å². The number of hydrazone groups is 1. The highest BCUT2D eigenvalue weighted by Gasteiger charge is 2.15. The van der Waals surface area contributed by atoms with E-state index in [4.69, 9.17) is 16.3 Å². The molecule has 0 heterocycles. The van der Waals surface area contributed by atoms with E-state index >= 15 is 0 Å². The Hall–Kier alpha value is -2.25. The Bertz CT molecular complexity index is 1160. The minimum Gasteiger partial charge on any atom is -0.487 e. The van der Waals surface area contributed by atoms with Gasteiger partial charge in [-0.05, 0) is 68.9 Å². The quantitative estimate of drug-likeness (QED) is 0.143. The van der Waals surface area contributed by atoms with Crippen LogP contribution < -0.4 is 10.2 Å². The summed E-state index contributed by atoms with van der Waals surface area (Å²) in [5.41, 5.74) is 4.31. The Balaban J connectivity index is 1.62. The summed E-state index contributed by atoms with van der Waals surface area (Å²) in [5, 5.41) is 15.7. The first-order valence-corrected chi connectivity index (χ1v) is 11.8. The molecule has 3 aromatic rings. The first-order valence-electron chi connectivity index (χ1n) is 9.24. The van der Waals surface area contributed by atoms with Crippen molar-refractivity contribution < 1.29 is 14.5 Å². The monoisotopic (exact) mass is 675 g/mol. The number of nitrogens with zero attached hydrogens (tertiary/aromatic N) is 2. The van der Waals surface area contributed by atoms with Crippen molar-refractivity contribution in [2.75, 3.05) is 0 Å². The predicted molar refractivity (Wildman–Crippen MR) is 140 cm³/mol. The average molecular weight is 676 g/mol. The largest absolute Gasteiger partial charge is 0.487 e. The highest BCUT2D eigenvalue weighted by molar-refractivity contribution is 14.1. The molecule has 0 unspecified atom stereocenters. The lowest BCUT2D eigenvalue weighted by Gasteiger charge is -2.12. The van der Waals surface area contributed by atoms with Gasteiger partial charge in [-0.1, -0.05) is 48.0 Å². The number of nitro benzene ring substituents is 1. The Kier molecular flexibility index (Phi) is 8.82. The van der Waals surface area contributed by atoms with Crippen LogP contribution in [0.15, 0.2) is 65.8 Å². The molecule has 0 aliphatic carbocycles. The number of rotatable bonds is 8. The maximum absolute atomic E-state index is 12.1. The SMILES string of the molecule is O=C(Cc1ccccc1[N+](=O)[O-])N/N=C/c1cc(I)c(OCc2ccccc2Cl)c(I)c1. The number of nitro groups is 1. The number of hydrogen-bond acceptors (Lipinski definition) is 5. The Morgan fingerprint density at radius 1 is 1.09 bits per heavy atom. The van der Waals surface area contributed by atoms with Crippen molar-refractivity contribution in [3.8, 4) is 5.75 Å². The van der Waals surface area contributed by atoms with Crippen molar-refractivity contribution >= 4 is 74.6 Å². The molecule has 32 heavy (non-hydrogen) atoms. The molecule has 0 saturated carbocycles. The van der Waals surface area contributed by atoms with Gasteiger partial charge in [-0.3, -0.25) is 14.9 Å². The molecule has 10 heteroatoms. The number of para-hydroxylation sites is 1. The highest BCUT2D eigenvalue weighted by atomic mass is 127. The van der Waals surface area contributed by atoms with E-state index in [9.17, 15) is 14.9 Å². The number of ether oxygens (including phenoxy) is 1. The molecule has 0 bridgehead atoms. The van der Waals surface area contributed by atoms with E-state index in [1.165, 1.54) is 12.3 Å². The van der Waals surface area contributed by atoms with Gasteiger partial charge in [0.15, 0.2) is 0 Å². The van der Waals surface area contributed by atoms with Crippen LogP contribution in [0.25, 0.3) is 0 Å². The summed E-state index contributed by atoms with van der Waals surface area (Å²) < 4.78 is 7.73. The molecule has 0 atom stereocenters. The predicted octanol–water partition coefficient (Wildman–Crippen LogP) is 5.73. The number of hydrogen-bond donors (Lipinski definition) is 1. The van der Waals surface area contributed by atoms with Crippen molar-refractivity contribution in [3.05, 3.63) is 99.6 Å².